The molecule has 5 nitrogen and oxygen atoms in total. The molecule has 30 heavy (non-hydrogen) atoms. The molecular weight excluding hydrogens is 376 g/mol. The number of hydrogen-bond acceptors (Lipinski definition) is 3. The van der Waals surface area contributed by atoms with Gasteiger partial charge in [0.05, 0.1) is 7.11 Å². The second-order valence-electron chi connectivity index (χ2n) is 7.18. The summed E-state index contributed by atoms with van der Waals surface area (Å²) in [6.45, 7) is 1.81. The average Bonchev–Trinajstić information content (AvgIpc) is 2.75. The van der Waals surface area contributed by atoms with Crippen LogP contribution in [0.3, 0.4) is 0 Å². The number of carbonyl (C=O) groups is 2. The third-order valence-corrected chi connectivity index (χ3v) is 4.71. The maximum Gasteiger partial charge on any atom is 0.251 e. The molecule has 2 amide bonds. The molecule has 0 bridgehead atoms. The number of hydrogen-bond donors (Lipinski definition) is 2. The van der Waals surface area contributed by atoms with E-state index in [-0.39, 0.29) is 24.3 Å². The van der Waals surface area contributed by atoms with Gasteiger partial charge < -0.3 is 15.4 Å². The summed E-state index contributed by atoms with van der Waals surface area (Å²) < 4.78 is 5.47. The lowest BCUT2D eigenvalue weighted by Gasteiger charge is -2.15. The first-order valence-electron chi connectivity index (χ1n) is 9.91. The van der Waals surface area contributed by atoms with Gasteiger partial charge in [0.25, 0.3) is 5.91 Å². The molecule has 0 radical (unpaired) electrons. The summed E-state index contributed by atoms with van der Waals surface area (Å²) in [5, 5.41) is 5.77. The van der Waals surface area contributed by atoms with Gasteiger partial charge in [0.15, 0.2) is 0 Å². The molecule has 154 valence electrons. The van der Waals surface area contributed by atoms with E-state index in [1.54, 1.807) is 19.2 Å². The second-order valence-corrected chi connectivity index (χ2v) is 7.18. The maximum absolute atomic E-state index is 12.5. The van der Waals surface area contributed by atoms with Crippen molar-refractivity contribution in [1.82, 2.24) is 5.32 Å². The molecule has 0 saturated heterocycles. The van der Waals surface area contributed by atoms with Gasteiger partial charge in [-0.15, -0.1) is 0 Å². The van der Waals surface area contributed by atoms with Crippen molar-refractivity contribution in [2.24, 2.45) is 0 Å². The van der Waals surface area contributed by atoms with Gasteiger partial charge in [0, 0.05) is 35.7 Å². The van der Waals surface area contributed by atoms with Crippen LogP contribution in [0, 0.1) is 0 Å². The normalized spacial score (nSPS) is 11.4. The Morgan fingerprint density at radius 3 is 2.27 bits per heavy atom. The first-order valence-corrected chi connectivity index (χ1v) is 9.91. The van der Waals surface area contributed by atoms with Crippen LogP contribution in [-0.2, 0) is 11.2 Å². The van der Waals surface area contributed by atoms with Gasteiger partial charge in [-0.3, -0.25) is 9.59 Å². The Kier molecular flexibility index (Phi) is 7.22. The van der Waals surface area contributed by atoms with Gasteiger partial charge in [-0.1, -0.05) is 48.5 Å². The predicted molar refractivity (Wildman–Crippen MR) is 119 cm³/mol. The van der Waals surface area contributed by atoms with Crippen molar-refractivity contribution in [3.63, 3.8) is 0 Å². The fourth-order valence-corrected chi connectivity index (χ4v) is 3.25. The quantitative estimate of drug-likeness (QED) is 0.586. The predicted octanol–water partition coefficient (Wildman–Crippen LogP) is 4.43. The highest BCUT2D eigenvalue weighted by atomic mass is 16.5. The van der Waals surface area contributed by atoms with Crippen molar-refractivity contribution in [3.05, 3.63) is 95.6 Å². The summed E-state index contributed by atoms with van der Waals surface area (Å²) in [6.07, 6.45) is 0.885. The highest BCUT2D eigenvalue weighted by molar-refractivity contribution is 5.95. The Labute approximate surface area is 177 Å². The Hall–Kier alpha value is -3.60. The largest absolute Gasteiger partial charge is 0.496 e. The van der Waals surface area contributed by atoms with E-state index in [1.807, 2.05) is 61.5 Å². The molecule has 5 heteroatoms. The van der Waals surface area contributed by atoms with Gasteiger partial charge in [-0.05, 0) is 42.8 Å². The molecule has 0 saturated carbocycles. The number of methoxy groups -OCH3 is 1. The second kappa shape index (κ2) is 10.3. The first kappa shape index (κ1) is 21.1. The number of benzene rings is 3. The third-order valence-electron chi connectivity index (χ3n) is 4.71. The summed E-state index contributed by atoms with van der Waals surface area (Å²) in [6, 6.07) is 24.4. The molecule has 0 spiro atoms. The van der Waals surface area contributed by atoms with Crippen LogP contribution in [0.2, 0.25) is 0 Å². The highest BCUT2D eigenvalue weighted by Gasteiger charge is 2.14. The van der Waals surface area contributed by atoms with E-state index >= 15 is 0 Å². The van der Waals surface area contributed by atoms with Crippen LogP contribution in [0.1, 0.15) is 34.8 Å². The number of rotatable bonds is 8. The molecule has 3 rings (SSSR count). The minimum absolute atomic E-state index is 0.160. The van der Waals surface area contributed by atoms with Crippen molar-refractivity contribution >= 4 is 17.5 Å². The van der Waals surface area contributed by atoms with Crippen molar-refractivity contribution in [3.8, 4) is 5.75 Å². The molecule has 1 unspecified atom stereocenters. The molecule has 2 N–H and O–H groups in total. The average molecular weight is 402 g/mol. The monoisotopic (exact) mass is 402 g/mol. The molecule has 0 aromatic heterocycles. The molecule has 1 atom stereocenters. The van der Waals surface area contributed by atoms with Crippen LogP contribution in [0.4, 0.5) is 5.69 Å². The Balaban J connectivity index is 1.60. The third kappa shape index (κ3) is 5.95. The van der Waals surface area contributed by atoms with Gasteiger partial charge in [0.1, 0.15) is 5.75 Å². The molecule has 0 fully saturated rings. The van der Waals surface area contributed by atoms with Crippen LogP contribution in [0.5, 0.6) is 5.75 Å². The summed E-state index contributed by atoms with van der Waals surface area (Å²) in [5.74, 6) is 0.428. The van der Waals surface area contributed by atoms with E-state index in [0.717, 1.165) is 16.9 Å². The number of carbonyl (C=O) groups excluding carboxylic acids is 2. The summed E-state index contributed by atoms with van der Waals surface area (Å²) in [5.41, 5.74) is 3.43. The van der Waals surface area contributed by atoms with Crippen molar-refractivity contribution in [1.29, 1.82) is 0 Å². The zero-order valence-corrected chi connectivity index (χ0v) is 17.2. The fraction of sp³-hybridized carbons (Fsp3) is 0.200. The van der Waals surface area contributed by atoms with Gasteiger partial charge in [0.2, 0.25) is 5.91 Å². The van der Waals surface area contributed by atoms with Crippen LogP contribution >= 0.6 is 0 Å². The number of nitrogens with one attached hydrogen (secondary N) is 2. The van der Waals surface area contributed by atoms with Crippen LogP contribution in [0.15, 0.2) is 78.9 Å². The van der Waals surface area contributed by atoms with E-state index < -0.39 is 0 Å². The minimum Gasteiger partial charge on any atom is -0.496 e. The minimum atomic E-state index is -0.292. The number of ether oxygens (including phenoxy) is 1. The van der Waals surface area contributed by atoms with Gasteiger partial charge >= 0.3 is 0 Å². The SMILES string of the molecule is COc1ccc(NC(=O)CC(C)NC(=O)c2ccccc2)cc1Cc1ccccc1. The molecule has 0 aliphatic heterocycles. The fourth-order valence-electron chi connectivity index (χ4n) is 3.25. The molecular formula is C25H26N2O3. The standard InChI is InChI=1S/C25H26N2O3/c1-18(26-25(29)20-11-7-4-8-12-20)15-24(28)27-22-13-14-23(30-2)21(17-22)16-19-9-5-3-6-10-19/h3-14,17-18H,15-16H2,1-2H3,(H,26,29)(H,27,28). The van der Waals surface area contributed by atoms with Crippen LogP contribution in [0.25, 0.3) is 0 Å². The lowest BCUT2D eigenvalue weighted by molar-refractivity contribution is -0.116. The van der Waals surface area contributed by atoms with Crippen LogP contribution in [-0.4, -0.2) is 25.0 Å². The van der Waals surface area contributed by atoms with Crippen molar-refractivity contribution in [2.75, 3.05) is 12.4 Å². The lowest BCUT2D eigenvalue weighted by Crippen LogP contribution is -2.35. The van der Waals surface area contributed by atoms with Crippen molar-refractivity contribution in [2.45, 2.75) is 25.8 Å². The molecule has 3 aromatic carbocycles. The van der Waals surface area contributed by atoms with E-state index in [2.05, 4.69) is 22.8 Å². The summed E-state index contributed by atoms with van der Waals surface area (Å²) >= 11 is 0. The topological polar surface area (TPSA) is 67.4 Å². The number of anilines is 1. The maximum atomic E-state index is 12.5. The Morgan fingerprint density at radius 1 is 0.933 bits per heavy atom. The highest BCUT2D eigenvalue weighted by Crippen LogP contribution is 2.25. The smallest absolute Gasteiger partial charge is 0.251 e. The Bertz CT molecular complexity index is 988. The zero-order valence-electron chi connectivity index (χ0n) is 17.2. The number of amides is 2. The summed E-state index contributed by atoms with van der Waals surface area (Å²) in [7, 11) is 1.64. The first-order chi connectivity index (χ1) is 14.5. The molecule has 0 heterocycles. The zero-order chi connectivity index (χ0) is 21.3. The van der Waals surface area contributed by atoms with E-state index in [9.17, 15) is 9.59 Å². The van der Waals surface area contributed by atoms with Crippen LogP contribution < -0.4 is 15.4 Å². The van der Waals surface area contributed by atoms with E-state index in [0.29, 0.717) is 17.7 Å². The van der Waals surface area contributed by atoms with Gasteiger partial charge in [-0.2, -0.15) is 0 Å². The summed E-state index contributed by atoms with van der Waals surface area (Å²) in [4.78, 5) is 24.7. The molecule has 3 aromatic rings. The Morgan fingerprint density at radius 2 is 1.60 bits per heavy atom. The van der Waals surface area contributed by atoms with E-state index in [1.165, 1.54) is 0 Å². The molecule has 0 aliphatic rings. The van der Waals surface area contributed by atoms with Gasteiger partial charge in [-0.25, -0.2) is 0 Å². The van der Waals surface area contributed by atoms with Crippen molar-refractivity contribution < 1.29 is 14.3 Å². The molecule has 0 aliphatic carbocycles. The van der Waals surface area contributed by atoms with E-state index in [4.69, 9.17) is 4.74 Å². The lowest BCUT2D eigenvalue weighted by atomic mass is 10.0.